The number of amides is 1. The van der Waals surface area contributed by atoms with E-state index in [1.165, 1.54) is 11.1 Å². The first kappa shape index (κ1) is 24.1. The van der Waals surface area contributed by atoms with Crippen molar-refractivity contribution < 1.29 is 19.4 Å². The quantitative estimate of drug-likeness (QED) is 0.659. The van der Waals surface area contributed by atoms with Gasteiger partial charge in [0.25, 0.3) is 5.91 Å². The lowest BCUT2D eigenvalue weighted by molar-refractivity contribution is 0.0501. The molecule has 0 aromatic heterocycles. The lowest BCUT2D eigenvalue weighted by Crippen LogP contribution is -2.44. The van der Waals surface area contributed by atoms with Crippen LogP contribution in [0.5, 0.6) is 11.5 Å². The molecule has 7 heteroatoms. The van der Waals surface area contributed by atoms with Crippen LogP contribution in [0, 0.1) is 5.92 Å². The Morgan fingerprint density at radius 1 is 1.06 bits per heavy atom. The molecule has 1 unspecified atom stereocenters. The molecule has 1 N–H and O–H groups in total. The van der Waals surface area contributed by atoms with Crippen LogP contribution in [-0.2, 0) is 13.0 Å². The Bertz CT molecular complexity index is 1020. The number of hydrogen-bond acceptors (Lipinski definition) is 6. The Balaban J connectivity index is 1.15. The second kappa shape index (κ2) is 11.0. The van der Waals surface area contributed by atoms with Crippen LogP contribution in [0.25, 0.3) is 0 Å². The number of carbonyl (C=O) groups excluding carboxylic acids is 1. The summed E-state index contributed by atoms with van der Waals surface area (Å²) in [5, 5.41) is 10.8. The van der Waals surface area contributed by atoms with Gasteiger partial charge in [-0.1, -0.05) is 24.3 Å². The van der Waals surface area contributed by atoms with Crippen molar-refractivity contribution in [3.05, 3.63) is 59.2 Å². The van der Waals surface area contributed by atoms with E-state index in [1.807, 2.05) is 12.1 Å². The highest BCUT2D eigenvalue weighted by atomic mass is 16.5. The number of hydrogen-bond donors (Lipinski definition) is 1. The van der Waals surface area contributed by atoms with Gasteiger partial charge in [-0.05, 0) is 68.6 Å². The van der Waals surface area contributed by atoms with E-state index in [0.29, 0.717) is 50.1 Å². The second-order valence-corrected chi connectivity index (χ2v) is 10.2. The van der Waals surface area contributed by atoms with Crippen molar-refractivity contribution in [2.75, 3.05) is 59.5 Å². The Morgan fingerprint density at radius 3 is 2.69 bits per heavy atom. The normalized spacial score (nSPS) is 20.5. The van der Waals surface area contributed by atoms with Gasteiger partial charge in [0.2, 0.25) is 0 Å². The number of ether oxygens (including phenoxy) is 2. The van der Waals surface area contributed by atoms with Crippen LogP contribution < -0.4 is 9.47 Å². The summed E-state index contributed by atoms with van der Waals surface area (Å²) >= 11 is 0. The van der Waals surface area contributed by atoms with Crippen LogP contribution in [0.15, 0.2) is 42.5 Å². The molecular formula is C28H37N3O4. The van der Waals surface area contributed by atoms with Crippen molar-refractivity contribution >= 4 is 5.91 Å². The van der Waals surface area contributed by atoms with Crippen molar-refractivity contribution in [1.82, 2.24) is 14.7 Å². The minimum atomic E-state index is -0.608. The second-order valence-electron chi connectivity index (χ2n) is 10.2. The monoisotopic (exact) mass is 479 g/mol. The van der Waals surface area contributed by atoms with Gasteiger partial charge in [0.1, 0.15) is 18.1 Å². The Morgan fingerprint density at radius 2 is 1.86 bits per heavy atom. The van der Waals surface area contributed by atoms with Gasteiger partial charge in [0, 0.05) is 32.2 Å². The number of β-amino-alcohol motifs (C(OH)–C–C–N with tert-alkyl or cyclic N) is 1. The van der Waals surface area contributed by atoms with Crippen LogP contribution >= 0.6 is 0 Å². The zero-order chi connectivity index (χ0) is 24.2. The molecular weight excluding hydrogens is 442 g/mol. The zero-order valence-corrected chi connectivity index (χ0v) is 20.7. The predicted molar refractivity (Wildman–Crippen MR) is 135 cm³/mol. The fourth-order valence-corrected chi connectivity index (χ4v) is 5.36. The van der Waals surface area contributed by atoms with E-state index in [0.717, 1.165) is 51.2 Å². The maximum Gasteiger partial charge on any atom is 0.257 e. The number of aliphatic hydroxyl groups excluding tert-OH is 1. The Labute approximate surface area is 208 Å². The molecule has 3 aliphatic heterocycles. The Hall–Kier alpha value is -2.61. The van der Waals surface area contributed by atoms with E-state index in [9.17, 15) is 9.90 Å². The zero-order valence-electron chi connectivity index (χ0n) is 20.7. The molecule has 35 heavy (non-hydrogen) atoms. The lowest BCUT2D eigenvalue weighted by atomic mass is 9.98. The summed E-state index contributed by atoms with van der Waals surface area (Å²) in [6, 6.07) is 14.0. The largest absolute Gasteiger partial charge is 0.493 e. The number of carbonyl (C=O) groups is 1. The molecule has 0 saturated carbocycles. The summed E-state index contributed by atoms with van der Waals surface area (Å²) in [7, 11) is 2.16. The lowest BCUT2D eigenvalue weighted by Gasteiger charge is -2.32. The molecule has 7 nitrogen and oxygen atoms in total. The van der Waals surface area contributed by atoms with Gasteiger partial charge >= 0.3 is 0 Å². The standard InChI is InChI=1S/C28H37N3O4/c1-29-11-8-21(9-12-29)20-35-25-6-7-26-27(16-25)34-15-14-31(28(26)33)19-24(32)18-30-13-10-22-4-2-3-5-23(22)17-30/h2-7,16,21,24,32H,8-15,17-20H2,1H3. The van der Waals surface area contributed by atoms with Crippen molar-refractivity contribution in [1.29, 1.82) is 0 Å². The van der Waals surface area contributed by atoms with Crippen molar-refractivity contribution in [2.45, 2.75) is 31.9 Å². The summed E-state index contributed by atoms with van der Waals surface area (Å²) in [4.78, 5) is 19.6. The fourth-order valence-electron chi connectivity index (χ4n) is 5.36. The highest BCUT2D eigenvalue weighted by Gasteiger charge is 2.27. The first-order valence-electron chi connectivity index (χ1n) is 12.9. The molecule has 1 saturated heterocycles. The summed E-state index contributed by atoms with van der Waals surface area (Å²) < 4.78 is 12.0. The molecule has 1 atom stereocenters. The average Bonchev–Trinajstić information content (AvgIpc) is 3.02. The van der Waals surface area contributed by atoms with E-state index in [2.05, 4.69) is 41.1 Å². The topological polar surface area (TPSA) is 65.5 Å². The molecule has 3 aliphatic rings. The smallest absolute Gasteiger partial charge is 0.257 e. The van der Waals surface area contributed by atoms with E-state index >= 15 is 0 Å². The van der Waals surface area contributed by atoms with Crippen molar-refractivity contribution in [3.63, 3.8) is 0 Å². The van der Waals surface area contributed by atoms with Gasteiger partial charge < -0.3 is 24.4 Å². The van der Waals surface area contributed by atoms with Crippen molar-refractivity contribution in [3.8, 4) is 11.5 Å². The average molecular weight is 480 g/mol. The third-order valence-corrected chi connectivity index (χ3v) is 7.52. The SMILES string of the molecule is CN1CCC(COc2ccc3c(c2)OCCN(CC(O)CN2CCc4ccccc4C2)C3=O)CC1. The maximum absolute atomic E-state index is 13.3. The number of benzene rings is 2. The molecule has 1 fully saturated rings. The number of rotatable bonds is 7. The van der Waals surface area contributed by atoms with E-state index in [4.69, 9.17) is 9.47 Å². The molecule has 2 aromatic carbocycles. The fraction of sp³-hybridized carbons (Fsp3) is 0.536. The van der Waals surface area contributed by atoms with Crippen LogP contribution in [-0.4, -0.2) is 91.3 Å². The number of piperidine rings is 1. The van der Waals surface area contributed by atoms with Gasteiger partial charge in [-0.25, -0.2) is 0 Å². The molecule has 0 aliphatic carbocycles. The summed E-state index contributed by atoms with van der Waals surface area (Å²) in [5.74, 6) is 1.79. The first-order chi connectivity index (χ1) is 17.0. The molecule has 0 bridgehead atoms. The highest BCUT2D eigenvalue weighted by Crippen LogP contribution is 2.29. The number of fused-ring (bicyclic) bond motifs is 2. The third-order valence-electron chi connectivity index (χ3n) is 7.52. The third kappa shape index (κ3) is 5.97. The van der Waals surface area contributed by atoms with Gasteiger partial charge in [-0.15, -0.1) is 0 Å². The Kier molecular flexibility index (Phi) is 7.56. The molecule has 1 amide bonds. The van der Waals surface area contributed by atoms with Crippen LogP contribution in [0.1, 0.15) is 34.3 Å². The van der Waals surface area contributed by atoms with E-state index < -0.39 is 6.10 Å². The van der Waals surface area contributed by atoms with Crippen molar-refractivity contribution in [2.24, 2.45) is 5.92 Å². The predicted octanol–water partition coefficient (Wildman–Crippen LogP) is 2.66. The van der Waals surface area contributed by atoms with E-state index in [-0.39, 0.29) is 5.91 Å². The van der Waals surface area contributed by atoms with Crippen LogP contribution in [0.2, 0.25) is 0 Å². The van der Waals surface area contributed by atoms with Gasteiger partial charge in [0.05, 0.1) is 24.8 Å². The number of aliphatic hydroxyl groups is 1. The minimum absolute atomic E-state index is 0.0950. The van der Waals surface area contributed by atoms with Crippen LogP contribution in [0.3, 0.4) is 0 Å². The molecule has 5 rings (SSSR count). The molecule has 0 radical (unpaired) electrons. The highest BCUT2D eigenvalue weighted by molar-refractivity contribution is 5.97. The molecule has 188 valence electrons. The summed E-state index contributed by atoms with van der Waals surface area (Å²) in [6.45, 7) is 6.40. The van der Waals surface area contributed by atoms with E-state index in [1.54, 1.807) is 11.0 Å². The maximum atomic E-state index is 13.3. The molecule has 3 heterocycles. The number of nitrogens with zero attached hydrogens (tertiary/aromatic N) is 3. The minimum Gasteiger partial charge on any atom is -0.493 e. The number of likely N-dealkylation sites (tertiary alicyclic amines) is 1. The first-order valence-corrected chi connectivity index (χ1v) is 12.9. The van der Waals surface area contributed by atoms with Gasteiger partial charge in [0.15, 0.2) is 0 Å². The van der Waals surface area contributed by atoms with Crippen LogP contribution in [0.4, 0.5) is 0 Å². The van der Waals surface area contributed by atoms with Gasteiger partial charge in [-0.2, -0.15) is 0 Å². The summed E-state index contributed by atoms with van der Waals surface area (Å²) in [5.41, 5.74) is 3.26. The molecule has 0 spiro atoms. The molecule has 2 aromatic rings. The van der Waals surface area contributed by atoms with Gasteiger partial charge in [-0.3, -0.25) is 9.69 Å². The summed E-state index contributed by atoms with van der Waals surface area (Å²) in [6.07, 6.45) is 2.69.